The lowest BCUT2D eigenvalue weighted by Gasteiger charge is -2.46. The fraction of sp³-hybridized carbons (Fsp3) is 0.929. The third kappa shape index (κ3) is 2.86. The number of nitrogens with zero attached hydrogens (tertiary/aromatic N) is 2. The standard InChI is InChI=1S/C14H27N3O/c1-14(2)10-17(9-8-16(14)3)13(18)11-4-6-12(15)7-5-11/h11-12H,4-10,15H2,1-3H3. The molecule has 1 amide bonds. The van der Waals surface area contributed by atoms with E-state index in [2.05, 4.69) is 30.7 Å². The molecule has 0 aromatic rings. The van der Waals surface area contributed by atoms with Crippen LogP contribution in [0.2, 0.25) is 0 Å². The molecule has 2 fully saturated rings. The molecule has 0 unspecified atom stereocenters. The lowest BCUT2D eigenvalue weighted by atomic mass is 9.85. The molecule has 1 aliphatic carbocycles. The first kappa shape index (κ1) is 13.8. The van der Waals surface area contributed by atoms with Crippen LogP contribution < -0.4 is 5.73 Å². The molecule has 0 radical (unpaired) electrons. The minimum atomic E-state index is 0.0962. The van der Waals surface area contributed by atoms with Crippen molar-refractivity contribution in [3.05, 3.63) is 0 Å². The number of piperazine rings is 1. The van der Waals surface area contributed by atoms with Gasteiger partial charge in [-0.1, -0.05) is 0 Å². The number of carbonyl (C=O) groups is 1. The summed E-state index contributed by atoms with van der Waals surface area (Å²) in [5.74, 6) is 0.590. The average Bonchev–Trinajstić information content (AvgIpc) is 2.33. The monoisotopic (exact) mass is 253 g/mol. The zero-order chi connectivity index (χ0) is 13.3. The molecule has 0 aromatic carbocycles. The number of rotatable bonds is 1. The minimum Gasteiger partial charge on any atom is -0.339 e. The fourth-order valence-electron chi connectivity index (χ4n) is 3.05. The molecule has 0 spiro atoms. The summed E-state index contributed by atoms with van der Waals surface area (Å²) in [7, 11) is 2.14. The minimum absolute atomic E-state index is 0.0962. The van der Waals surface area contributed by atoms with E-state index in [-0.39, 0.29) is 11.5 Å². The summed E-state index contributed by atoms with van der Waals surface area (Å²) in [6.07, 6.45) is 3.97. The van der Waals surface area contributed by atoms with Crippen LogP contribution >= 0.6 is 0 Å². The predicted octanol–water partition coefficient (Wildman–Crippen LogP) is 1.06. The molecule has 0 bridgehead atoms. The van der Waals surface area contributed by atoms with Gasteiger partial charge in [0.25, 0.3) is 0 Å². The van der Waals surface area contributed by atoms with Crippen molar-refractivity contribution in [3.8, 4) is 0 Å². The topological polar surface area (TPSA) is 49.6 Å². The van der Waals surface area contributed by atoms with Gasteiger partial charge in [0.05, 0.1) is 0 Å². The van der Waals surface area contributed by atoms with Crippen molar-refractivity contribution in [2.45, 2.75) is 51.1 Å². The van der Waals surface area contributed by atoms with Crippen LogP contribution in [0.25, 0.3) is 0 Å². The molecule has 2 aliphatic rings. The number of hydrogen-bond acceptors (Lipinski definition) is 3. The second kappa shape index (κ2) is 5.17. The molecule has 18 heavy (non-hydrogen) atoms. The highest BCUT2D eigenvalue weighted by atomic mass is 16.2. The van der Waals surface area contributed by atoms with Crippen LogP contribution in [0.4, 0.5) is 0 Å². The Kier molecular flexibility index (Phi) is 3.97. The first-order valence-electron chi connectivity index (χ1n) is 7.16. The van der Waals surface area contributed by atoms with Crippen LogP contribution in [-0.4, -0.2) is 54.0 Å². The summed E-state index contributed by atoms with van der Waals surface area (Å²) in [5.41, 5.74) is 6.00. The Bertz CT molecular complexity index is 308. The van der Waals surface area contributed by atoms with Gasteiger partial charge >= 0.3 is 0 Å². The highest BCUT2D eigenvalue weighted by Crippen LogP contribution is 2.27. The van der Waals surface area contributed by atoms with E-state index >= 15 is 0 Å². The quantitative estimate of drug-likeness (QED) is 0.760. The van der Waals surface area contributed by atoms with E-state index in [0.717, 1.165) is 45.3 Å². The van der Waals surface area contributed by atoms with E-state index in [1.54, 1.807) is 0 Å². The molecule has 4 heteroatoms. The smallest absolute Gasteiger partial charge is 0.225 e. The summed E-state index contributed by atoms with van der Waals surface area (Å²) in [6.45, 7) is 7.13. The van der Waals surface area contributed by atoms with Crippen molar-refractivity contribution in [2.24, 2.45) is 11.7 Å². The van der Waals surface area contributed by atoms with Crippen LogP contribution in [-0.2, 0) is 4.79 Å². The van der Waals surface area contributed by atoms with E-state index in [1.807, 2.05) is 0 Å². The van der Waals surface area contributed by atoms with E-state index in [9.17, 15) is 4.79 Å². The van der Waals surface area contributed by atoms with E-state index in [1.165, 1.54) is 0 Å². The molecule has 0 atom stereocenters. The average molecular weight is 253 g/mol. The first-order valence-corrected chi connectivity index (χ1v) is 7.16. The van der Waals surface area contributed by atoms with Crippen LogP contribution in [0.15, 0.2) is 0 Å². The van der Waals surface area contributed by atoms with Gasteiger partial charge in [0.15, 0.2) is 0 Å². The number of hydrogen-bond donors (Lipinski definition) is 1. The van der Waals surface area contributed by atoms with E-state index < -0.39 is 0 Å². The van der Waals surface area contributed by atoms with Crippen molar-refractivity contribution in [2.75, 3.05) is 26.7 Å². The Hall–Kier alpha value is -0.610. The molecule has 2 N–H and O–H groups in total. The van der Waals surface area contributed by atoms with Gasteiger partial charge in [-0.25, -0.2) is 0 Å². The fourth-order valence-corrected chi connectivity index (χ4v) is 3.05. The zero-order valence-corrected chi connectivity index (χ0v) is 12.0. The van der Waals surface area contributed by atoms with Gasteiger partial charge in [-0.3, -0.25) is 9.69 Å². The van der Waals surface area contributed by atoms with Crippen molar-refractivity contribution < 1.29 is 4.79 Å². The molecule has 1 aliphatic heterocycles. The second-order valence-electron chi connectivity index (χ2n) is 6.61. The lowest BCUT2D eigenvalue weighted by Crippen LogP contribution is -2.59. The van der Waals surface area contributed by atoms with E-state index in [0.29, 0.717) is 11.9 Å². The largest absolute Gasteiger partial charge is 0.339 e. The summed E-state index contributed by atoms with van der Waals surface area (Å²) < 4.78 is 0. The summed E-state index contributed by atoms with van der Waals surface area (Å²) in [4.78, 5) is 16.9. The van der Waals surface area contributed by atoms with Crippen molar-refractivity contribution in [1.82, 2.24) is 9.80 Å². The predicted molar refractivity (Wildman–Crippen MR) is 73.2 cm³/mol. The first-order chi connectivity index (χ1) is 8.40. The third-order valence-corrected chi connectivity index (χ3v) is 4.75. The molecule has 1 saturated carbocycles. The van der Waals surface area contributed by atoms with Gasteiger partial charge < -0.3 is 10.6 Å². The Morgan fingerprint density at radius 1 is 1.17 bits per heavy atom. The number of likely N-dealkylation sites (N-methyl/N-ethyl adjacent to an activating group) is 1. The molecular weight excluding hydrogens is 226 g/mol. The highest BCUT2D eigenvalue weighted by molar-refractivity contribution is 5.79. The van der Waals surface area contributed by atoms with Crippen molar-refractivity contribution in [1.29, 1.82) is 0 Å². The Balaban J connectivity index is 1.93. The molecular formula is C14H27N3O. The van der Waals surface area contributed by atoms with Crippen molar-refractivity contribution in [3.63, 3.8) is 0 Å². The number of nitrogens with two attached hydrogens (primary N) is 1. The Morgan fingerprint density at radius 3 is 2.33 bits per heavy atom. The lowest BCUT2D eigenvalue weighted by molar-refractivity contribution is -0.141. The molecule has 0 aromatic heterocycles. The maximum atomic E-state index is 12.5. The highest BCUT2D eigenvalue weighted by Gasteiger charge is 2.36. The number of amides is 1. The summed E-state index contributed by atoms with van der Waals surface area (Å²) >= 11 is 0. The number of carbonyl (C=O) groups excluding carboxylic acids is 1. The Morgan fingerprint density at radius 2 is 1.78 bits per heavy atom. The molecule has 1 heterocycles. The van der Waals surface area contributed by atoms with Gasteiger partial charge in [-0.15, -0.1) is 0 Å². The van der Waals surface area contributed by atoms with Gasteiger partial charge in [0, 0.05) is 37.1 Å². The summed E-state index contributed by atoms with van der Waals surface area (Å²) in [5, 5.41) is 0. The van der Waals surface area contributed by atoms with Gasteiger partial charge in [-0.05, 0) is 46.6 Å². The van der Waals surface area contributed by atoms with Crippen LogP contribution in [0.5, 0.6) is 0 Å². The van der Waals surface area contributed by atoms with Crippen molar-refractivity contribution >= 4 is 5.91 Å². The molecule has 4 nitrogen and oxygen atoms in total. The Labute approximate surface area is 110 Å². The van der Waals surface area contributed by atoms with Gasteiger partial charge in [0.2, 0.25) is 5.91 Å². The maximum Gasteiger partial charge on any atom is 0.225 e. The van der Waals surface area contributed by atoms with Gasteiger partial charge in [-0.2, -0.15) is 0 Å². The summed E-state index contributed by atoms with van der Waals surface area (Å²) in [6, 6.07) is 0.318. The van der Waals surface area contributed by atoms with E-state index in [4.69, 9.17) is 5.73 Å². The molecule has 2 rings (SSSR count). The normalized spacial score (nSPS) is 33.4. The second-order valence-corrected chi connectivity index (χ2v) is 6.61. The maximum absolute atomic E-state index is 12.5. The third-order valence-electron chi connectivity index (χ3n) is 4.75. The van der Waals surface area contributed by atoms with Crippen LogP contribution in [0, 0.1) is 5.92 Å². The molecule has 104 valence electrons. The zero-order valence-electron chi connectivity index (χ0n) is 12.0. The SMILES string of the molecule is CN1CCN(C(=O)C2CCC(N)CC2)CC1(C)C. The molecule has 1 saturated heterocycles. The van der Waals surface area contributed by atoms with Gasteiger partial charge in [0.1, 0.15) is 0 Å². The van der Waals surface area contributed by atoms with Crippen LogP contribution in [0.3, 0.4) is 0 Å². The van der Waals surface area contributed by atoms with Crippen LogP contribution in [0.1, 0.15) is 39.5 Å².